The Balaban J connectivity index is 1.98. The summed E-state index contributed by atoms with van der Waals surface area (Å²) in [5.74, 6) is -1.10. The van der Waals surface area contributed by atoms with Crippen LogP contribution in [0.5, 0.6) is 0 Å². The summed E-state index contributed by atoms with van der Waals surface area (Å²) in [5, 5.41) is 10.5. The maximum Gasteiger partial charge on any atom is 0.245 e. The predicted octanol–water partition coefficient (Wildman–Crippen LogP) is 1.17. The van der Waals surface area contributed by atoms with Gasteiger partial charge in [0.05, 0.1) is 23.6 Å². The Bertz CT molecular complexity index is 645. The minimum atomic E-state index is -3.81. The van der Waals surface area contributed by atoms with Crippen LogP contribution in [-0.2, 0) is 19.5 Å². The Morgan fingerprint density at radius 3 is 2.55 bits per heavy atom. The fourth-order valence-electron chi connectivity index (χ4n) is 3.13. The molecule has 0 aromatic heterocycles. The van der Waals surface area contributed by atoms with E-state index in [2.05, 4.69) is 0 Å². The summed E-state index contributed by atoms with van der Waals surface area (Å²) in [5.41, 5.74) is 0. The fourth-order valence-corrected chi connectivity index (χ4v) is 4.89. The van der Waals surface area contributed by atoms with E-state index < -0.39 is 34.2 Å². The number of aliphatic hydroxyl groups is 1. The smallest absolute Gasteiger partial charge is 0.245 e. The largest absolute Gasteiger partial charge is 0.377 e. The average molecular weight is 327 g/mol. The Hall–Kier alpha value is -0.990. The fraction of sp³-hybridized carbons (Fsp3) is 0.600. The zero-order valence-electron chi connectivity index (χ0n) is 12.8. The van der Waals surface area contributed by atoms with Crippen LogP contribution in [0.1, 0.15) is 20.8 Å². The van der Waals surface area contributed by atoms with E-state index in [4.69, 9.17) is 9.47 Å². The van der Waals surface area contributed by atoms with E-state index >= 15 is 0 Å². The molecule has 2 fully saturated rings. The van der Waals surface area contributed by atoms with Crippen molar-refractivity contribution in [1.82, 2.24) is 4.31 Å². The van der Waals surface area contributed by atoms with E-state index in [0.29, 0.717) is 0 Å². The van der Waals surface area contributed by atoms with Crippen LogP contribution < -0.4 is 0 Å². The van der Waals surface area contributed by atoms with Crippen LogP contribution >= 0.6 is 0 Å². The van der Waals surface area contributed by atoms with Crippen LogP contribution in [-0.4, -0.2) is 48.6 Å². The highest BCUT2D eigenvalue weighted by molar-refractivity contribution is 7.89. The van der Waals surface area contributed by atoms with Gasteiger partial charge in [0.2, 0.25) is 10.0 Å². The molecule has 7 heteroatoms. The number of aliphatic hydroxyl groups excluding tert-OH is 1. The Labute approximate surface area is 130 Å². The molecule has 22 heavy (non-hydrogen) atoms. The molecule has 6 nitrogen and oxygen atoms in total. The van der Waals surface area contributed by atoms with Crippen molar-refractivity contribution in [3.05, 3.63) is 30.3 Å². The second-order valence-corrected chi connectivity index (χ2v) is 8.12. The molecule has 1 N–H and O–H groups in total. The second-order valence-electron chi connectivity index (χ2n) is 6.28. The lowest BCUT2D eigenvalue weighted by Gasteiger charge is -2.40. The molecule has 0 radical (unpaired) electrons. The quantitative estimate of drug-likeness (QED) is 0.882. The van der Waals surface area contributed by atoms with Crippen LogP contribution in [0, 0.1) is 5.92 Å². The Morgan fingerprint density at radius 1 is 1.27 bits per heavy atom. The molecule has 0 aliphatic carbocycles. The van der Waals surface area contributed by atoms with E-state index in [1.807, 2.05) is 0 Å². The predicted molar refractivity (Wildman–Crippen MR) is 79.3 cm³/mol. The highest BCUT2D eigenvalue weighted by Crippen LogP contribution is 2.40. The molecule has 4 atom stereocenters. The van der Waals surface area contributed by atoms with E-state index in [9.17, 15) is 13.5 Å². The maximum absolute atomic E-state index is 12.9. The van der Waals surface area contributed by atoms with Gasteiger partial charge in [-0.05, 0) is 26.0 Å². The van der Waals surface area contributed by atoms with Crippen molar-refractivity contribution in [3.8, 4) is 0 Å². The normalized spacial score (nSPS) is 35.3. The first-order valence-electron chi connectivity index (χ1n) is 7.32. The molecular formula is C15H21NO5S. The molecule has 1 aromatic rings. The van der Waals surface area contributed by atoms with Crippen LogP contribution in [0.3, 0.4) is 0 Å². The van der Waals surface area contributed by atoms with Crippen LogP contribution in [0.2, 0.25) is 0 Å². The third-order valence-electron chi connectivity index (χ3n) is 4.30. The molecule has 1 aromatic carbocycles. The summed E-state index contributed by atoms with van der Waals surface area (Å²) in [6, 6.07) is 7.59. The third kappa shape index (κ3) is 2.47. The summed E-state index contributed by atoms with van der Waals surface area (Å²) in [6.45, 7) is 5.57. The van der Waals surface area contributed by atoms with Crippen molar-refractivity contribution in [2.24, 2.45) is 5.92 Å². The van der Waals surface area contributed by atoms with Crippen molar-refractivity contribution in [2.45, 2.75) is 49.8 Å². The Kier molecular flexibility index (Phi) is 3.81. The number of benzene rings is 1. The van der Waals surface area contributed by atoms with Gasteiger partial charge in [0, 0.05) is 5.92 Å². The maximum atomic E-state index is 12.9. The summed E-state index contributed by atoms with van der Waals surface area (Å²) in [6.07, 6.45) is -1.52. The van der Waals surface area contributed by atoms with Gasteiger partial charge in [0.25, 0.3) is 0 Å². The molecule has 122 valence electrons. The van der Waals surface area contributed by atoms with E-state index in [1.165, 1.54) is 12.1 Å². The SMILES string of the molecule is C[C@@H]1C(O)N(S(=O)(=O)c2ccccc2)[C@@H]2COC(C)(C)O[C@H]12. The lowest BCUT2D eigenvalue weighted by Crippen LogP contribution is -2.53. The monoisotopic (exact) mass is 327 g/mol. The van der Waals surface area contributed by atoms with Crippen molar-refractivity contribution >= 4 is 10.0 Å². The third-order valence-corrected chi connectivity index (χ3v) is 6.21. The lowest BCUT2D eigenvalue weighted by molar-refractivity contribution is -0.285. The molecule has 0 saturated carbocycles. The number of hydrogen-bond donors (Lipinski definition) is 1. The van der Waals surface area contributed by atoms with Crippen LogP contribution in [0.25, 0.3) is 0 Å². The molecule has 3 rings (SSSR count). The molecule has 2 aliphatic rings. The number of hydrogen-bond acceptors (Lipinski definition) is 5. The molecule has 2 aliphatic heterocycles. The second kappa shape index (κ2) is 5.28. The lowest BCUT2D eigenvalue weighted by atomic mass is 10.0. The molecule has 2 heterocycles. The van der Waals surface area contributed by atoms with Gasteiger partial charge in [-0.15, -0.1) is 0 Å². The first-order chi connectivity index (χ1) is 10.2. The molecular weight excluding hydrogens is 306 g/mol. The molecule has 0 amide bonds. The van der Waals surface area contributed by atoms with Crippen molar-refractivity contribution in [3.63, 3.8) is 0 Å². The van der Waals surface area contributed by atoms with E-state index in [1.54, 1.807) is 39.0 Å². The van der Waals surface area contributed by atoms with Gasteiger partial charge >= 0.3 is 0 Å². The van der Waals surface area contributed by atoms with E-state index in [-0.39, 0.29) is 17.4 Å². The van der Waals surface area contributed by atoms with Gasteiger partial charge in [-0.2, -0.15) is 4.31 Å². The van der Waals surface area contributed by atoms with Crippen molar-refractivity contribution < 1.29 is 23.0 Å². The summed E-state index contributed by atoms with van der Waals surface area (Å²) >= 11 is 0. The number of fused-ring (bicyclic) bond motifs is 1. The minimum Gasteiger partial charge on any atom is -0.377 e. The van der Waals surface area contributed by atoms with Crippen LogP contribution in [0.15, 0.2) is 35.2 Å². The van der Waals surface area contributed by atoms with Gasteiger partial charge in [-0.3, -0.25) is 0 Å². The van der Waals surface area contributed by atoms with Gasteiger partial charge in [-0.1, -0.05) is 25.1 Å². The zero-order chi connectivity index (χ0) is 16.1. The first-order valence-corrected chi connectivity index (χ1v) is 8.76. The molecule has 0 bridgehead atoms. The van der Waals surface area contributed by atoms with Crippen molar-refractivity contribution in [2.75, 3.05) is 6.61 Å². The number of rotatable bonds is 2. The summed E-state index contributed by atoms with van der Waals surface area (Å²) < 4.78 is 38.3. The topological polar surface area (TPSA) is 76.1 Å². The molecule has 2 saturated heterocycles. The number of nitrogens with zero attached hydrogens (tertiary/aromatic N) is 1. The summed E-state index contributed by atoms with van der Waals surface area (Å²) in [4.78, 5) is 0.159. The zero-order valence-corrected chi connectivity index (χ0v) is 13.7. The standard InChI is InChI=1S/C15H21NO5S/c1-10-13-12(9-20-15(2,3)21-13)16(14(10)17)22(18,19)11-7-5-4-6-8-11/h4-8,10,12-14,17H,9H2,1-3H3/t10-,12+,13+,14?/m0/s1. The highest BCUT2D eigenvalue weighted by atomic mass is 32.2. The first kappa shape index (κ1) is 15.9. The van der Waals surface area contributed by atoms with Gasteiger partial charge in [-0.25, -0.2) is 8.42 Å². The van der Waals surface area contributed by atoms with Crippen molar-refractivity contribution in [1.29, 1.82) is 0 Å². The minimum absolute atomic E-state index is 0.159. The highest BCUT2D eigenvalue weighted by Gasteiger charge is 2.56. The van der Waals surface area contributed by atoms with Gasteiger partial charge < -0.3 is 14.6 Å². The molecule has 1 unspecified atom stereocenters. The van der Waals surface area contributed by atoms with Crippen LogP contribution in [0.4, 0.5) is 0 Å². The van der Waals surface area contributed by atoms with E-state index in [0.717, 1.165) is 4.31 Å². The Morgan fingerprint density at radius 2 is 1.91 bits per heavy atom. The average Bonchev–Trinajstić information content (AvgIpc) is 2.71. The van der Waals surface area contributed by atoms with Gasteiger partial charge in [0.15, 0.2) is 5.79 Å². The summed E-state index contributed by atoms with van der Waals surface area (Å²) in [7, 11) is -3.81. The molecule has 0 spiro atoms. The number of ether oxygens (including phenoxy) is 2. The number of sulfonamides is 1. The van der Waals surface area contributed by atoms with Gasteiger partial charge in [0.1, 0.15) is 6.23 Å².